The van der Waals surface area contributed by atoms with Crippen LogP contribution in [0.2, 0.25) is 0 Å². The molecular formula is C18H18N2O8. The van der Waals surface area contributed by atoms with E-state index in [9.17, 15) is 19.7 Å². The smallest absolute Gasteiger partial charge is 0.337 e. The number of esters is 1. The van der Waals surface area contributed by atoms with E-state index in [2.05, 4.69) is 10.1 Å². The van der Waals surface area contributed by atoms with E-state index in [-0.39, 0.29) is 40.8 Å². The van der Waals surface area contributed by atoms with Gasteiger partial charge < -0.3 is 24.3 Å². The lowest BCUT2D eigenvalue weighted by Gasteiger charge is -2.13. The van der Waals surface area contributed by atoms with E-state index >= 15 is 0 Å². The SMILES string of the molecule is COC(=O)c1ccc(OCC(=O)Nc2ccc([N+](=O)[O-])cc2OC)c(OC)c1. The number of carbonyl (C=O) groups excluding carboxylic acids is 2. The average molecular weight is 390 g/mol. The normalized spacial score (nSPS) is 9.96. The van der Waals surface area contributed by atoms with Crippen LogP contribution in [-0.4, -0.2) is 44.7 Å². The van der Waals surface area contributed by atoms with Crippen molar-refractivity contribution < 1.29 is 33.5 Å². The number of hydrogen-bond acceptors (Lipinski definition) is 8. The number of nitro groups is 1. The molecular weight excluding hydrogens is 372 g/mol. The maximum atomic E-state index is 12.2. The molecule has 0 bridgehead atoms. The Balaban J connectivity index is 2.06. The van der Waals surface area contributed by atoms with Gasteiger partial charge in [-0.1, -0.05) is 0 Å². The van der Waals surface area contributed by atoms with Gasteiger partial charge in [-0.05, 0) is 24.3 Å². The van der Waals surface area contributed by atoms with E-state index in [1.54, 1.807) is 0 Å². The summed E-state index contributed by atoms with van der Waals surface area (Å²) >= 11 is 0. The third-order valence-electron chi connectivity index (χ3n) is 3.61. The molecule has 0 saturated carbocycles. The summed E-state index contributed by atoms with van der Waals surface area (Å²) in [6.07, 6.45) is 0. The lowest BCUT2D eigenvalue weighted by molar-refractivity contribution is -0.384. The monoisotopic (exact) mass is 390 g/mol. The lowest BCUT2D eigenvalue weighted by Crippen LogP contribution is -2.20. The van der Waals surface area contributed by atoms with Crippen LogP contribution in [0.5, 0.6) is 17.2 Å². The molecule has 0 radical (unpaired) electrons. The third kappa shape index (κ3) is 4.87. The van der Waals surface area contributed by atoms with Crippen LogP contribution in [0.3, 0.4) is 0 Å². The number of hydrogen-bond donors (Lipinski definition) is 1. The zero-order valence-corrected chi connectivity index (χ0v) is 15.4. The minimum atomic E-state index is -0.568. The molecule has 0 aliphatic carbocycles. The van der Waals surface area contributed by atoms with Gasteiger partial charge in [-0.2, -0.15) is 0 Å². The molecule has 0 aromatic heterocycles. The van der Waals surface area contributed by atoms with Crippen LogP contribution in [0.25, 0.3) is 0 Å². The summed E-state index contributed by atoms with van der Waals surface area (Å²) < 4.78 is 20.3. The summed E-state index contributed by atoms with van der Waals surface area (Å²) in [7, 11) is 3.99. The number of ether oxygens (including phenoxy) is 4. The summed E-state index contributed by atoms with van der Waals surface area (Å²) in [5.41, 5.74) is 0.364. The van der Waals surface area contributed by atoms with E-state index in [1.165, 1.54) is 57.7 Å². The first kappa shape index (κ1) is 20.5. The predicted molar refractivity (Wildman–Crippen MR) is 98.1 cm³/mol. The second-order valence-corrected chi connectivity index (χ2v) is 5.34. The molecule has 1 N–H and O–H groups in total. The van der Waals surface area contributed by atoms with E-state index in [1.807, 2.05) is 0 Å². The molecule has 2 aromatic rings. The maximum Gasteiger partial charge on any atom is 0.337 e. The molecule has 2 aromatic carbocycles. The number of anilines is 1. The number of amides is 1. The van der Waals surface area contributed by atoms with E-state index in [4.69, 9.17) is 14.2 Å². The topological polar surface area (TPSA) is 126 Å². The minimum absolute atomic E-state index is 0.141. The van der Waals surface area contributed by atoms with Crippen molar-refractivity contribution >= 4 is 23.3 Å². The van der Waals surface area contributed by atoms with Gasteiger partial charge in [0, 0.05) is 6.07 Å². The Morgan fingerprint density at radius 3 is 2.32 bits per heavy atom. The molecule has 0 saturated heterocycles. The van der Waals surface area contributed by atoms with Gasteiger partial charge in [-0.15, -0.1) is 0 Å². The Morgan fingerprint density at radius 2 is 1.71 bits per heavy atom. The summed E-state index contributed by atoms with van der Waals surface area (Å²) in [4.78, 5) is 33.9. The quantitative estimate of drug-likeness (QED) is 0.414. The summed E-state index contributed by atoms with van der Waals surface area (Å²) in [6, 6.07) is 8.18. The molecule has 0 atom stereocenters. The summed E-state index contributed by atoms with van der Waals surface area (Å²) in [6.45, 7) is -0.367. The molecule has 0 unspecified atom stereocenters. The molecule has 10 nitrogen and oxygen atoms in total. The molecule has 0 aliphatic rings. The molecule has 10 heteroatoms. The number of nitrogens with one attached hydrogen (secondary N) is 1. The molecule has 28 heavy (non-hydrogen) atoms. The van der Waals surface area contributed by atoms with Gasteiger partial charge in [0.2, 0.25) is 0 Å². The van der Waals surface area contributed by atoms with Gasteiger partial charge in [0.25, 0.3) is 11.6 Å². The Bertz CT molecular complexity index is 897. The first-order valence-corrected chi connectivity index (χ1v) is 7.91. The van der Waals surface area contributed by atoms with Crippen molar-refractivity contribution in [3.05, 3.63) is 52.1 Å². The van der Waals surface area contributed by atoms with Crippen molar-refractivity contribution in [1.29, 1.82) is 0 Å². The van der Waals surface area contributed by atoms with E-state index < -0.39 is 16.8 Å². The Labute approximate surface area is 160 Å². The summed E-state index contributed by atoms with van der Waals surface area (Å²) in [5.74, 6) is -0.411. The van der Waals surface area contributed by atoms with Crippen LogP contribution in [-0.2, 0) is 9.53 Å². The fraction of sp³-hybridized carbons (Fsp3) is 0.222. The lowest BCUT2D eigenvalue weighted by atomic mass is 10.2. The van der Waals surface area contributed by atoms with Gasteiger partial charge >= 0.3 is 5.97 Å². The number of benzene rings is 2. The average Bonchev–Trinajstić information content (AvgIpc) is 2.71. The predicted octanol–water partition coefficient (Wildman–Crippen LogP) is 2.42. The van der Waals surface area contributed by atoms with Crippen molar-refractivity contribution in [3.63, 3.8) is 0 Å². The van der Waals surface area contributed by atoms with Crippen molar-refractivity contribution in [2.45, 2.75) is 0 Å². The highest BCUT2D eigenvalue weighted by Crippen LogP contribution is 2.30. The molecule has 0 heterocycles. The summed E-state index contributed by atoms with van der Waals surface area (Å²) in [5, 5.41) is 13.4. The first-order chi connectivity index (χ1) is 13.4. The standard InChI is InChI=1S/C18H18N2O8/c1-25-15-9-12(20(23)24)5-6-13(15)19-17(21)10-28-14-7-4-11(18(22)27-3)8-16(14)26-2/h4-9H,10H2,1-3H3,(H,19,21). The van der Waals surface area contributed by atoms with Gasteiger partial charge in [0.05, 0.1) is 43.6 Å². The Morgan fingerprint density at radius 1 is 1.00 bits per heavy atom. The largest absolute Gasteiger partial charge is 0.494 e. The van der Waals surface area contributed by atoms with E-state index in [0.717, 1.165) is 0 Å². The van der Waals surface area contributed by atoms with E-state index in [0.29, 0.717) is 0 Å². The zero-order valence-electron chi connectivity index (χ0n) is 15.4. The van der Waals surface area contributed by atoms with Crippen LogP contribution in [0.15, 0.2) is 36.4 Å². The molecule has 2 rings (SSSR count). The molecule has 0 aliphatic heterocycles. The van der Waals surface area contributed by atoms with Crippen LogP contribution in [0.4, 0.5) is 11.4 Å². The van der Waals surface area contributed by atoms with Crippen molar-refractivity contribution in [1.82, 2.24) is 0 Å². The minimum Gasteiger partial charge on any atom is -0.494 e. The molecule has 148 valence electrons. The van der Waals surface area contributed by atoms with Gasteiger partial charge in [-0.25, -0.2) is 4.79 Å². The number of nitrogens with zero attached hydrogens (tertiary/aromatic N) is 1. The van der Waals surface area contributed by atoms with Crippen LogP contribution in [0, 0.1) is 10.1 Å². The third-order valence-corrected chi connectivity index (χ3v) is 3.61. The highest BCUT2D eigenvalue weighted by molar-refractivity contribution is 5.93. The Hall–Kier alpha value is -3.82. The van der Waals surface area contributed by atoms with Crippen molar-refractivity contribution in [2.75, 3.05) is 33.3 Å². The van der Waals surface area contributed by atoms with Gasteiger partial charge in [-0.3, -0.25) is 14.9 Å². The number of non-ortho nitro benzene ring substituents is 1. The van der Waals surface area contributed by atoms with Crippen LogP contribution in [0.1, 0.15) is 10.4 Å². The van der Waals surface area contributed by atoms with Gasteiger partial charge in [0.15, 0.2) is 18.1 Å². The Kier molecular flexibility index (Phi) is 6.74. The molecule has 1 amide bonds. The van der Waals surface area contributed by atoms with Gasteiger partial charge in [0.1, 0.15) is 5.75 Å². The second kappa shape index (κ2) is 9.21. The fourth-order valence-corrected chi connectivity index (χ4v) is 2.26. The van der Waals surface area contributed by atoms with Crippen molar-refractivity contribution in [2.24, 2.45) is 0 Å². The molecule has 0 fully saturated rings. The second-order valence-electron chi connectivity index (χ2n) is 5.34. The zero-order chi connectivity index (χ0) is 20.7. The maximum absolute atomic E-state index is 12.2. The number of rotatable bonds is 8. The highest BCUT2D eigenvalue weighted by atomic mass is 16.6. The fourth-order valence-electron chi connectivity index (χ4n) is 2.26. The van der Waals surface area contributed by atoms with Crippen LogP contribution < -0.4 is 19.5 Å². The molecule has 0 spiro atoms. The van der Waals surface area contributed by atoms with Crippen molar-refractivity contribution in [3.8, 4) is 17.2 Å². The van der Waals surface area contributed by atoms with Crippen LogP contribution >= 0.6 is 0 Å². The number of methoxy groups -OCH3 is 3. The first-order valence-electron chi connectivity index (χ1n) is 7.91. The number of carbonyl (C=O) groups is 2. The number of nitro benzene ring substituents is 1. The highest BCUT2D eigenvalue weighted by Gasteiger charge is 2.15.